The first-order chi connectivity index (χ1) is 13.3. The first-order valence-corrected chi connectivity index (χ1v) is 9.51. The second-order valence-electron chi connectivity index (χ2n) is 7.16. The summed E-state index contributed by atoms with van der Waals surface area (Å²) in [5, 5.41) is 11.8. The number of amides is 1. The maximum absolute atomic E-state index is 12.7. The summed E-state index contributed by atoms with van der Waals surface area (Å²) in [6, 6.07) is 3.96. The Morgan fingerprint density at radius 2 is 1.86 bits per heavy atom. The van der Waals surface area contributed by atoms with Crippen molar-refractivity contribution in [2.24, 2.45) is 0 Å². The van der Waals surface area contributed by atoms with Gasteiger partial charge in [0.25, 0.3) is 5.95 Å². The molecule has 1 atom stereocenters. The van der Waals surface area contributed by atoms with Crippen LogP contribution in [0.15, 0.2) is 18.3 Å². The molecule has 1 amide bonds. The van der Waals surface area contributed by atoms with Gasteiger partial charge in [0.1, 0.15) is 5.82 Å². The number of aromatic nitrogens is 6. The zero-order valence-electron chi connectivity index (χ0n) is 17.3. The summed E-state index contributed by atoms with van der Waals surface area (Å²) in [7, 11) is 0. The van der Waals surface area contributed by atoms with E-state index in [-0.39, 0.29) is 18.4 Å². The molecule has 0 aliphatic rings. The van der Waals surface area contributed by atoms with Gasteiger partial charge in [-0.05, 0) is 47.1 Å². The van der Waals surface area contributed by atoms with Gasteiger partial charge in [0.2, 0.25) is 5.91 Å². The smallest absolute Gasteiger partial charge is 0.251 e. The van der Waals surface area contributed by atoms with Crippen molar-refractivity contribution in [3.63, 3.8) is 0 Å². The fourth-order valence-corrected chi connectivity index (χ4v) is 3.21. The Labute approximate surface area is 165 Å². The molecule has 3 aromatic heterocycles. The quantitative estimate of drug-likeness (QED) is 0.708. The minimum Gasteiger partial charge on any atom is -0.311 e. The third-order valence-electron chi connectivity index (χ3n) is 4.88. The van der Waals surface area contributed by atoms with Crippen molar-refractivity contribution in [1.82, 2.24) is 29.5 Å². The Morgan fingerprint density at radius 3 is 2.50 bits per heavy atom. The van der Waals surface area contributed by atoms with Gasteiger partial charge >= 0.3 is 0 Å². The molecule has 3 heterocycles. The van der Waals surface area contributed by atoms with Crippen LogP contribution in [-0.4, -0.2) is 35.4 Å². The number of nitrogens with one attached hydrogen (secondary N) is 1. The molecule has 1 unspecified atom stereocenters. The number of rotatable bonds is 6. The number of nitrogens with zero attached hydrogens (tertiary/aromatic N) is 6. The predicted molar refractivity (Wildman–Crippen MR) is 108 cm³/mol. The lowest BCUT2D eigenvalue weighted by Gasteiger charge is -2.14. The highest BCUT2D eigenvalue weighted by atomic mass is 16.1. The van der Waals surface area contributed by atoms with E-state index in [4.69, 9.17) is 0 Å². The number of carbonyl (C=O) groups is 1. The van der Waals surface area contributed by atoms with Crippen molar-refractivity contribution < 1.29 is 4.79 Å². The summed E-state index contributed by atoms with van der Waals surface area (Å²) in [5.74, 6) is 1.14. The van der Waals surface area contributed by atoms with Crippen molar-refractivity contribution in [3.8, 4) is 5.95 Å². The van der Waals surface area contributed by atoms with Crippen LogP contribution in [0, 0.1) is 27.7 Å². The first kappa shape index (κ1) is 19.7. The van der Waals surface area contributed by atoms with Gasteiger partial charge in [-0.2, -0.15) is 10.2 Å². The van der Waals surface area contributed by atoms with Crippen LogP contribution in [0.1, 0.15) is 54.6 Å². The monoisotopic (exact) mass is 381 g/mol. The minimum absolute atomic E-state index is 0.0999. The summed E-state index contributed by atoms with van der Waals surface area (Å²) in [6.07, 6.45) is 2.87. The van der Waals surface area contributed by atoms with E-state index in [9.17, 15) is 4.79 Å². The van der Waals surface area contributed by atoms with Crippen molar-refractivity contribution in [2.75, 3.05) is 5.32 Å². The van der Waals surface area contributed by atoms with Crippen LogP contribution < -0.4 is 5.32 Å². The number of hydrogen-bond acceptors (Lipinski definition) is 5. The van der Waals surface area contributed by atoms with Crippen molar-refractivity contribution in [3.05, 3.63) is 46.7 Å². The van der Waals surface area contributed by atoms with Crippen LogP contribution in [0.2, 0.25) is 0 Å². The summed E-state index contributed by atoms with van der Waals surface area (Å²) < 4.78 is 3.55. The van der Waals surface area contributed by atoms with Crippen molar-refractivity contribution in [2.45, 2.75) is 60.4 Å². The van der Waals surface area contributed by atoms with E-state index in [1.54, 1.807) is 10.9 Å². The van der Waals surface area contributed by atoms with Gasteiger partial charge in [-0.25, -0.2) is 19.3 Å². The van der Waals surface area contributed by atoms with Gasteiger partial charge in [0.05, 0.1) is 24.4 Å². The molecule has 148 valence electrons. The standard InChI is InChI=1S/C20H27N7O/c1-7-14(4)26-18(8-9-21-26)24-19(28)11-17-15(5)25-27(16(17)6)20-22-12(2)10-13(3)23-20/h8-10,14H,7,11H2,1-6H3,(H,24,28). The maximum atomic E-state index is 12.7. The molecule has 0 saturated heterocycles. The van der Waals surface area contributed by atoms with Crippen LogP contribution in [0.4, 0.5) is 5.82 Å². The van der Waals surface area contributed by atoms with E-state index < -0.39 is 0 Å². The summed E-state index contributed by atoms with van der Waals surface area (Å²) in [4.78, 5) is 21.6. The van der Waals surface area contributed by atoms with Crippen molar-refractivity contribution in [1.29, 1.82) is 0 Å². The lowest BCUT2D eigenvalue weighted by atomic mass is 10.1. The van der Waals surface area contributed by atoms with E-state index >= 15 is 0 Å². The zero-order chi connectivity index (χ0) is 20.4. The largest absolute Gasteiger partial charge is 0.311 e. The molecule has 3 rings (SSSR count). The highest BCUT2D eigenvalue weighted by molar-refractivity contribution is 5.91. The third kappa shape index (κ3) is 3.95. The van der Waals surface area contributed by atoms with Gasteiger partial charge in [-0.1, -0.05) is 6.92 Å². The van der Waals surface area contributed by atoms with Gasteiger partial charge < -0.3 is 5.32 Å². The second-order valence-corrected chi connectivity index (χ2v) is 7.16. The Morgan fingerprint density at radius 1 is 1.18 bits per heavy atom. The van der Waals surface area contributed by atoms with E-state index in [1.165, 1.54) is 0 Å². The van der Waals surface area contributed by atoms with Crippen LogP contribution in [0.25, 0.3) is 5.95 Å². The molecule has 0 aliphatic carbocycles. The lowest BCUT2D eigenvalue weighted by molar-refractivity contribution is -0.115. The third-order valence-corrected chi connectivity index (χ3v) is 4.88. The Balaban J connectivity index is 1.83. The molecule has 28 heavy (non-hydrogen) atoms. The van der Waals surface area contributed by atoms with Gasteiger partial charge in [-0.15, -0.1) is 0 Å². The molecular formula is C20H27N7O. The fourth-order valence-electron chi connectivity index (χ4n) is 3.21. The number of hydrogen-bond donors (Lipinski definition) is 1. The fraction of sp³-hybridized carbons (Fsp3) is 0.450. The van der Waals surface area contributed by atoms with E-state index in [1.807, 2.05) is 44.5 Å². The molecule has 3 aromatic rings. The first-order valence-electron chi connectivity index (χ1n) is 9.51. The number of aryl methyl sites for hydroxylation is 3. The molecule has 8 heteroatoms. The van der Waals surface area contributed by atoms with Gasteiger partial charge in [-0.3, -0.25) is 4.79 Å². The van der Waals surface area contributed by atoms with Crippen LogP contribution in [-0.2, 0) is 11.2 Å². The molecule has 1 N–H and O–H groups in total. The molecule has 0 bridgehead atoms. The average Bonchev–Trinajstić information content (AvgIpc) is 3.20. The molecule has 0 aromatic carbocycles. The normalized spacial score (nSPS) is 12.2. The summed E-state index contributed by atoms with van der Waals surface area (Å²) in [6.45, 7) is 11.9. The summed E-state index contributed by atoms with van der Waals surface area (Å²) >= 11 is 0. The van der Waals surface area contributed by atoms with Gasteiger partial charge in [0.15, 0.2) is 0 Å². The van der Waals surface area contributed by atoms with Crippen molar-refractivity contribution >= 4 is 11.7 Å². The molecule has 0 fully saturated rings. The highest BCUT2D eigenvalue weighted by Crippen LogP contribution is 2.19. The topological polar surface area (TPSA) is 90.5 Å². The highest BCUT2D eigenvalue weighted by Gasteiger charge is 2.19. The Bertz CT molecular complexity index is 982. The number of anilines is 1. The molecule has 8 nitrogen and oxygen atoms in total. The van der Waals surface area contributed by atoms with E-state index in [0.29, 0.717) is 11.8 Å². The molecule has 0 saturated carbocycles. The second kappa shape index (κ2) is 7.92. The number of carbonyl (C=O) groups excluding carboxylic acids is 1. The zero-order valence-corrected chi connectivity index (χ0v) is 17.3. The van der Waals surface area contributed by atoms with E-state index in [2.05, 4.69) is 39.3 Å². The Kier molecular flexibility index (Phi) is 5.58. The van der Waals surface area contributed by atoms with Crippen LogP contribution >= 0.6 is 0 Å². The maximum Gasteiger partial charge on any atom is 0.251 e. The summed E-state index contributed by atoms with van der Waals surface area (Å²) in [5.41, 5.74) is 4.31. The minimum atomic E-state index is -0.0999. The average molecular weight is 381 g/mol. The van der Waals surface area contributed by atoms with Gasteiger partial charge in [0, 0.05) is 28.7 Å². The molecule has 0 spiro atoms. The molecule has 0 aliphatic heterocycles. The lowest BCUT2D eigenvalue weighted by Crippen LogP contribution is -2.19. The predicted octanol–water partition coefficient (Wildman–Crippen LogP) is 3.24. The van der Waals surface area contributed by atoms with Crippen LogP contribution in [0.3, 0.4) is 0 Å². The molecular weight excluding hydrogens is 354 g/mol. The molecule has 0 radical (unpaired) electrons. The Hall–Kier alpha value is -3.03. The SMILES string of the molecule is CCC(C)n1nccc1NC(=O)Cc1c(C)nn(-c2nc(C)cc(C)n2)c1C. The van der Waals surface area contributed by atoms with E-state index in [0.717, 1.165) is 34.8 Å². The van der Waals surface area contributed by atoms with Crippen LogP contribution in [0.5, 0.6) is 0 Å².